The molecule has 0 saturated carbocycles. The van der Waals surface area contributed by atoms with Gasteiger partial charge in [-0.3, -0.25) is 10.1 Å². The Morgan fingerprint density at radius 2 is 1.95 bits per heavy atom. The zero-order valence-electron chi connectivity index (χ0n) is 11.7. The number of nitro benzene ring substituents is 1. The molecule has 4 nitrogen and oxygen atoms in total. The van der Waals surface area contributed by atoms with Gasteiger partial charge in [-0.25, -0.2) is 4.98 Å². The van der Waals surface area contributed by atoms with Crippen LogP contribution in [0.15, 0.2) is 30.5 Å². The van der Waals surface area contributed by atoms with Gasteiger partial charge in [0.25, 0.3) is 5.69 Å². The lowest BCUT2D eigenvalue weighted by Crippen LogP contribution is -2.16. The van der Waals surface area contributed by atoms with Crippen molar-refractivity contribution in [2.24, 2.45) is 5.92 Å². The second-order valence-corrected chi connectivity index (χ2v) is 5.97. The Labute approximate surface area is 122 Å². The maximum Gasteiger partial charge on any atom is 0.295 e. The minimum absolute atomic E-state index is 0.0362. The highest BCUT2D eigenvalue weighted by Gasteiger charge is 2.25. The average molecular weight is 293 g/mol. The fourth-order valence-electron chi connectivity index (χ4n) is 2.76. The maximum atomic E-state index is 11.1. The lowest BCUT2D eigenvalue weighted by Gasteiger charge is -2.25. The van der Waals surface area contributed by atoms with E-state index in [1.165, 1.54) is 6.07 Å². The van der Waals surface area contributed by atoms with Crippen molar-refractivity contribution in [2.45, 2.75) is 32.1 Å². The molecule has 0 saturated heterocycles. The van der Waals surface area contributed by atoms with Crippen molar-refractivity contribution in [1.29, 1.82) is 0 Å². The van der Waals surface area contributed by atoms with Crippen molar-refractivity contribution >= 4 is 28.2 Å². The molecule has 1 aromatic carbocycles. The number of rotatable bonds is 4. The van der Waals surface area contributed by atoms with Gasteiger partial charge in [-0.1, -0.05) is 26.0 Å². The van der Waals surface area contributed by atoms with E-state index in [9.17, 15) is 10.1 Å². The molecule has 106 valence electrons. The van der Waals surface area contributed by atoms with Gasteiger partial charge in [0.05, 0.1) is 4.92 Å². The Bertz CT molecular complexity index is 633. The molecule has 0 aliphatic heterocycles. The van der Waals surface area contributed by atoms with Crippen LogP contribution in [-0.4, -0.2) is 15.3 Å². The fourth-order valence-corrected chi connectivity index (χ4v) is 3.18. The van der Waals surface area contributed by atoms with Crippen molar-refractivity contribution in [3.8, 4) is 0 Å². The minimum Gasteiger partial charge on any atom is -0.258 e. The van der Waals surface area contributed by atoms with Crippen LogP contribution in [0.3, 0.4) is 0 Å². The first-order valence-corrected chi connectivity index (χ1v) is 7.03. The van der Waals surface area contributed by atoms with Crippen LogP contribution in [0.25, 0.3) is 10.9 Å². The maximum absolute atomic E-state index is 11.1. The minimum atomic E-state index is -0.395. The molecule has 0 radical (unpaired) electrons. The second-order valence-electron chi connectivity index (χ2n) is 5.28. The highest BCUT2D eigenvalue weighted by Crippen LogP contribution is 2.36. The number of nitro groups is 1. The molecule has 1 heterocycles. The molecule has 0 fully saturated rings. The normalized spacial score (nSPS) is 14.4. The number of para-hydroxylation sites is 1. The van der Waals surface area contributed by atoms with Crippen molar-refractivity contribution in [1.82, 2.24) is 4.98 Å². The van der Waals surface area contributed by atoms with E-state index in [-0.39, 0.29) is 17.0 Å². The number of non-ortho nitro benzene ring substituents is 1. The number of hydrogen-bond acceptors (Lipinski definition) is 3. The van der Waals surface area contributed by atoms with Crippen LogP contribution >= 0.6 is 11.6 Å². The van der Waals surface area contributed by atoms with Gasteiger partial charge in [-0.2, -0.15) is 0 Å². The lowest BCUT2D eigenvalue weighted by atomic mass is 9.84. The van der Waals surface area contributed by atoms with E-state index in [4.69, 9.17) is 11.6 Å². The number of hydrogen-bond donors (Lipinski definition) is 0. The van der Waals surface area contributed by atoms with E-state index in [0.717, 1.165) is 10.9 Å². The standard InChI is InChI=1S/C15H17ClN2O2/c1-9(2)14(10(3)16)11-7-8-17-15-12(11)5-4-6-13(15)18(19)20/h4-10,14H,1-3H3. The van der Waals surface area contributed by atoms with Crippen LogP contribution in [-0.2, 0) is 0 Å². The Kier molecular flexibility index (Phi) is 4.23. The van der Waals surface area contributed by atoms with Gasteiger partial charge in [0, 0.05) is 28.9 Å². The molecule has 1 aromatic heterocycles. The van der Waals surface area contributed by atoms with E-state index in [1.807, 2.05) is 19.1 Å². The molecule has 0 bridgehead atoms. The molecular formula is C15H17ClN2O2. The van der Waals surface area contributed by atoms with Crippen LogP contribution in [0, 0.1) is 16.0 Å². The van der Waals surface area contributed by atoms with Gasteiger partial charge >= 0.3 is 0 Å². The molecule has 0 aliphatic rings. The van der Waals surface area contributed by atoms with Gasteiger partial charge in [0.1, 0.15) is 5.52 Å². The summed E-state index contributed by atoms with van der Waals surface area (Å²) in [6.45, 7) is 6.16. The van der Waals surface area contributed by atoms with Crippen molar-refractivity contribution in [2.75, 3.05) is 0 Å². The van der Waals surface area contributed by atoms with Gasteiger partial charge in [0.15, 0.2) is 0 Å². The number of fused-ring (bicyclic) bond motifs is 1. The summed E-state index contributed by atoms with van der Waals surface area (Å²) >= 11 is 6.32. The summed E-state index contributed by atoms with van der Waals surface area (Å²) < 4.78 is 0. The summed E-state index contributed by atoms with van der Waals surface area (Å²) in [6, 6.07) is 6.96. The smallest absolute Gasteiger partial charge is 0.258 e. The van der Waals surface area contributed by atoms with E-state index in [0.29, 0.717) is 11.4 Å². The third-order valence-corrected chi connectivity index (χ3v) is 3.82. The first kappa shape index (κ1) is 14.7. The summed E-state index contributed by atoms with van der Waals surface area (Å²) in [5.74, 6) is 0.469. The molecule has 5 heteroatoms. The molecule has 2 rings (SSSR count). The zero-order valence-corrected chi connectivity index (χ0v) is 12.5. The third kappa shape index (κ3) is 2.61. The van der Waals surface area contributed by atoms with Gasteiger partial charge in [-0.15, -0.1) is 11.6 Å². The quantitative estimate of drug-likeness (QED) is 0.473. The lowest BCUT2D eigenvalue weighted by molar-refractivity contribution is -0.383. The Morgan fingerprint density at radius 1 is 1.25 bits per heavy atom. The van der Waals surface area contributed by atoms with Crippen LogP contribution in [0.2, 0.25) is 0 Å². The van der Waals surface area contributed by atoms with Crippen LogP contribution in [0.1, 0.15) is 32.3 Å². The topological polar surface area (TPSA) is 56.0 Å². The van der Waals surface area contributed by atoms with E-state index in [1.54, 1.807) is 12.3 Å². The molecule has 0 aliphatic carbocycles. The van der Waals surface area contributed by atoms with Crippen LogP contribution < -0.4 is 0 Å². The summed E-state index contributed by atoms with van der Waals surface area (Å²) in [5, 5.41) is 11.9. The first-order chi connectivity index (χ1) is 9.43. The molecular weight excluding hydrogens is 276 g/mol. The highest BCUT2D eigenvalue weighted by molar-refractivity contribution is 6.21. The SMILES string of the molecule is CC(C)C(c1ccnc2c([N+](=O)[O-])cccc12)C(C)Cl. The Balaban J connectivity index is 2.72. The predicted octanol–water partition coefficient (Wildman–Crippen LogP) is 4.51. The van der Waals surface area contributed by atoms with Crippen LogP contribution in [0.4, 0.5) is 5.69 Å². The Hall–Kier alpha value is -1.68. The van der Waals surface area contributed by atoms with Crippen molar-refractivity contribution < 1.29 is 4.92 Å². The molecule has 0 N–H and O–H groups in total. The largest absolute Gasteiger partial charge is 0.295 e. The number of alkyl halides is 1. The number of benzene rings is 1. The van der Waals surface area contributed by atoms with Gasteiger partial charge in [0.2, 0.25) is 0 Å². The number of nitrogens with zero attached hydrogens (tertiary/aromatic N) is 2. The number of pyridine rings is 1. The van der Waals surface area contributed by atoms with Crippen LogP contribution in [0.5, 0.6) is 0 Å². The fraction of sp³-hybridized carbons (Fsp3) is 0.400. The molecule has 2 unspecified atom stereocenters. The van der Waals surface area contributed by atoms with E-state index < -0.39 is 4.92 Å². The predicted molar refractivity (Wildman–Crippen MR) is 81.3 cm³/mol. The van der Waals surface area contributed by atoms with E-state index in [2.05, 4.69) is 18.8 Å². The second kappa shape index (κ2) is 5.75. The molecule has 2 aromatic rings. The molecule has 20 heavy (non-hydrogen) atoms. The molecule has 0 spiro atoms. The number of aromatic nitrogens is 1. The van der Waals surface area contributed by atoms with E-state index >= 15 is 0 Å². The van der Waals surface area contributed by atoms with Crippen molar-refractivity contribution in [3.63, 3.8) is 0 Å². The highest BCUT2D eigenvalue weighted by atomic mass is 35.5. The zero-order chi connectivity index (χ0) is 14.9. The summed E-state index contributed by atoms with van der Waals surface area (Å²) in [7, 11) is 0. The average Bonchev–Trinajstić information content (AvgIpc) is 2.37. The van der Waals surface area contributed by atoms with Gasteiger partial charge < -0.3 is 0 Å². The monoisotopic (exact) mass is 292 g/mol. The first-order valence-electron chi connectivity index (χ1n) is 6.59. The summed E-state index contributed by atoms with van der Waals surface area (Å²) in [4.78, 5) is 14.9. The summed E-state index contributed by atoms with van der Waals surface area (Å²) in [6.07, 6.45) is 1.62. The van der Waals surface area contributed by atoms with Crippen molar-refractivity contribution in [3.05, 3.63) is 46.1 Å². The number of halogens is 1. The Morgan fingerprint density at radius 3 is 2.50 bits per heavy atom. The summed E-state index contributed by atoms with van der Waals surface area (Å²) in [5.41, 5.74) is 1.49. The third-order valence-electron chi connectivity index (χ3n) is 3.55. The van der Waals surface area contributed by atoms with Gasteiger partial charge in [-0.05, 0) is 24.5 Å². The molecule has 0 amide bonds. The molecule has 2 atom stereocenters.